The highest BCUT2D eigenvalue weighted by Gasteiger charge is 2.02. The molecular weight excluding hydrogens is 400 g/mol. The van der Waals surface area contributed by atoms with Crippen molar-refractivity contribution in [2.45, 2.75) is 39.5 Å². The standard InChI is InChI=1S/C21H28N6O2S/c1-3-5-19(28)26-24-17-11-7-15(8-12-17)22-21(30)23-16-9-13-18(14-10-16)25-27-20(29)6-4-2/h7-14,24-25H,3-6H2,1-2H3,(H,26,28)(H,27,29)(H2,22,23,30). The molecule has 0 aliphatic carbocycles. The first kappa shape index (κ1) is 23.0. The maximum atomic E-state index is 11.5. The Kier molecular flexibility index (Phi) is 9.39. The third kappa shape index (κ3) is 8.36. The van der Waals surface area contributed by atoms with Crippen molar-refractivity contribution in [2.24, 2.45) is 0 Å². The molecule has 0 atom stereocenters. The van der Waals surface area contributed by atoms with E-state index in [1.807, 2.05) is 62.4 Å². The van der Waals surface area contributed by atoms with Crippen molar-refractivity contribution in [3.8, 4) is 0 Å². The maximum absolute atomic E-state index is 11.5. The van der Waals surface area contributed by atoms with Crippen LogP contribution in [0.25, 0.3) is 0 Å². The highest BCUT2D eigenvalue weighted by molar-refractivity contribution is 7.80. The van der Waals surface area contributed by atoms with Crippen molar-refractivity contribution >= 4 is 51.9 Å². The molecule has 0 heterocycles. The van der Waals surface area contributed by atoms with Crippen LogP contribution in [-0.2, 0) is 9.59 Å². The Hall–Kier alpha value is -3.33. The zero-order chi connectivity index (χ0) is 21.8. The fourth-order valence-corrected chi connectivity index (χ4v) is 2.67. The molecule has 0 radical (unpaired) electrons. The number of amides is 2. The van der Waals surface area contributed by atoms with Crippen molar-refractivity contribution in [2.75, 3.05) is 21.5 Å². The number of hydrazine groups is 2. The van der Waals surface area contributed by atoms with Gasteiger partial charge in [0, 0.05) is 24.2 Å². The second-order valence-electron chi connectivity index (χ2n) is 6.58. The van der Waals surface area contributed by atoms with Gasteiger partial charge >= 0.3 is 0 Å². The Balaban J connectivity index is 1.78. The molecule has 0 spiro atoms. The summed E-state index contributed by atoms with van der Waals surface area (Å²) >= 11 is 5.35. The minimum atomic E-state index is -0.0466. The van der Waals surface area contributed by atoms with Crippen molar-refractivity contribution < 1.29 is 9.59 Å². The van der Waals surface area contributed by atoms with Crippen LogP contribution in [0.3, 0.4) is 0 Å². The molecular formula is C21H28N6O2S. The van der Waals surface area contributed by atoms with Gasteiger partial charge in [-0.05, 0) is 73.6 Å². The molecule has 8 nitrogen and oxygen atoms in total. The molecule has 0 aromatic heterocycles. The minimum Gasteiger partial charge on any atom is -0.332 e. The van der Waals surface area contributed by atoms with Gasteiger partial charge in [-0.15, -0.1) is 0 Å². The first-order chi connectivity index (χ1) is 14.5. The number of nitrogens with one attached hydrogen (secondary N) is 6. The van der Waals surface area contributed by atoms with Crippen molar-refractivity contribution in [3.63, 3.8) is 0 Å². The lowest BCUT2D eigenvalue weighted by molar-refractivity contribution is -0.121. The van der Waals surface area contributed by atoms with Gasteiger partial charge in [-0.2, -0.15) is 0 Å². The van der Waals surface area contributed by atoms with E-state index in [0.29, 0.717) is 18.0 Å². The summed E-state index contributed by atoms with van der Waals surface area (Å²) in [5.41, 5.74) is 14.2. The van der Waals surface area contributed by atoms with Crippen LogP contribution in [0.2, 0.25) is 0 Å². The Bertz CT molecular complexity index is 770. The van der Waals surface area contributed by atoms with Gasteiger partial charge in [0.15, 0.2) is 5.11 Å². The summed E-state index contributed by atoms with van der Waals surface area (Å²) in [4.78, 5) is 23.0. The van der Waals surface area contributed by atoms with Gasteiger partial charge in [0.25, 0.3) is 0 Å². The second-order valence-corrected chi connectivity index (χ2v) is 6.99. The van der Waals surface area contributed by atoms with Crippen molar-refractivity contribution in [1.29, 1.82) is 0 Å². The highest BCUT2D eigenvalue weighted by Crippen LogP contribution is 2.15. The molecule has 2 aromatic rings. The molecule has 0 unspecified atom stereocenters. The molecule has 0 bridgehead atoms. The number of benzene rings is 2. The molecule has 0 fully saturated rings. The van der Waals surface area contributed by atoms with E-state index in [-0.39, 0.29) is 11.8 Å². The van der Waals surface area contributed by atoms with Crippen LogP contribution < -0.4 is 32.3 Å². The normalized spacial score (nSPS) is 9.93. The monoisotopic (exact) mass is 428 g/mol. The number of thiocarbonyl (C=S) groups is 1. The first-order valence-corrected chi connectivity index (χ1v) is 10.3. The van der Waals surface area contributed by atoms with E-state index in [1.165, 1.54) is 0 Å². The number of anilines is 4. The van der Waals surface area contributed by atoms with Gasteiger partial charge in [0.1, 0.15) is 0 Å². The Morgan fingerprint density at radius 2 is 1.00 bits per heavy atom. The smallest absolute Gasteiger partial charge is 0.238 e. The molecule has 0 aliphatic rings. The van der Waals surface area contributed by atoms with Gasteiger partial charge in [-0.25, -0.2) is 0 Å². The van der Waals surface area contributed by atoms with Crippen molar-refractivity contribution in [3.05, 3.63) is 48.5 Å². The summed E-state index contributed by atoms with van der Waals surface area (Å²) in [5, 5.41) is 6.66. The number of carbonyl (C=O) groups is 2. The molecule has 9 heteroatoms. The quantitative estimate of drug-likeness (QED) is 0.251. The van der Waals surface area contributed by atoms with Crippen LogP contribution in [0.4, 0.5) is 22.7 Å². The van der Waals surface area contributed by atoms with E-state index < -0.39 is 0 Å². The SMILES string of the molecule is CCCC(=O)NNc1ccc(NC(=S)Nc2ccc(NNC(=O)CCC)cc2)cc1. The zero-order valence-corrected chi connectivity index (χ0v) is 18.0. The largest absolute Gasteiger partial charge is 0.332 e. The van der Waals surface area contributed by atoms with Crippen LogP contribution >= 0.6 is 12.2 Å². The summed E-state index contributed by atoms with van der Waals surface area (Å²) in [7, 11) is 0. The average molecular weight is 429 g/mol. The summed E-state index contributed by atoms with van der Waals surface area (Å²) in [6, 6.07) is 14.8. The van der Waals surface area contributed by atoms with Crippen LogP contribution in [0.1, 0.15) is 39.5 Å². The predicted octanol–water partition coefficient (Wildman–Crippen LogP) is 3.98. The van der Waals surface area contributed by atoms with E-state index >= 15 is 0 Å². The summed E-state index contributed by atoms with van der Waals surface area (Å²) in [5.74, 6) is -0.0933. The fraction of sp³-hybridized carbons (Fsp3) is 0.286. The third-order valence-electron chi connectivity index (χ3n) is 3.93. The lowest BCUT2D eigenvalue weighted by atomic mass is 10.3. The Morgan fingerprint density at radius 3 is 1.33 bits per heavy atom. The number of hydrogen-bond donors (Lipinski definition) is 6. The van der Waals surface area contributed by atoms with Crippen LogP contribution in [0, 0.1) is 0 Å². The third-order valence-corrected chi connectivity index (χ3v) is 4.14. The molecule has 0 saturated heterocycles. The van der Waals surface area contributed by atoms with Crippen molar-refractivity contribution in [1.82, 2.24) is 10.9 Å². The predicted molar refractivity (Wildman–Crippen MR) is 126 cm³/mol. The topological polar surface area (TPSA) is 106 Å². The summed E-state index contributed by atoms with van der Waals surface area (Å²) in [6.45, 7) is 3.91. The molecule has 2 rings (SSSR count). The highest BCUT2D eigenvalue weighted by atomic mass is 32.1. The van der Waals surface area contributed by atoms with Crippen LogP contribution in [0.5, 0.6) is 0 Å². The number of carbonyl (C=O) groups excluding carboxylic acids is 2. The minimum absolute atomic E-state index is 0.0466. The summed E-state index contributed by atoms with van der Waals surface area (Å²) in [6.07, 6.45) is 2.57. The van der Waals surface area contributed by atoms with Gasteiger partial charge < -0.3 is 10.6 Å². The van der Waals surface area contributed by atoms with E-state index in [9.17, 15) is 9.59 Å². The van der Waals surface area contributed by atoms with Gasteiger partial charge in [-0.3, -0.25) is 31.3 Å². The molecule has 6 N–H and O–H groups in total. The Morgan fingerprint density at radius 1 is 0.667 bits per heavy atom. The zero-order valence-electron chi connectivity index (χ0n) is 17.2. The molecule has 30 heavy (non-hydrogen) atoms. The summed E-state index contributed by atoms with van der Waals surface area (Å²) < 4.78 is 0. The lowest BCUT2D eigenvalue weighted by Gasteiger charge is -2.13. The van der Waals surface area contributed by atoms with E-state index in [0.717, 1.165) is 35.6 Å². The number of rotatable bonds is 10. The van der Waals surface area contributed by atoms with Crippen LogP contribution in [-0.4, -0.2) is 16.9 Å². The lowest BCUT2D eigenvalue weighted by Crippen LogP contribution is -2.28. The number of hydrogen-bond acceptors (Lipinski definition) is 5. The maximum Gasteiger partial charge on any atom is 0.238 e. The molecule has 0 aliphatic heterocycles. The van der Waals surface area contributed by atoms with Crippen LogP contribution in [0.15, 0.2) is 48.5 Å². The van der Waals surface area contributed by atoms with Gasteiger partial charge in [0.2, 0.25) is 11.8 Å². The van der Waals surface area contributed by atoms with E-state index in [4.69, 9.17) is 12.2 Å². The van der Waals surface area contributed by atoms with Gasteiger partial charge in [0.05, 0.1) is 11.4 Å². The first-order valence-electron chi connectivity index (χ1n) is 9.88. The Labute approximate surface area is 182 Å². The van der Waals surface area contributed by atoms with E-state index in [2.05, 4.69) is 32.3 Å². The fourth-order valence-electron chi connectivity index (χ4n) is 2.43. The molecule has 0 saturated carbocycles. The van der Waals surface area contributed by atoms with E-state index in [1.54, 1.807) is 0 Å². The molecule has 2 aromatic carbocycles. The van der Waals surface area contributed by atoms with Gasteiger partial charge in [-0.1, -0.05) is 13.8 Å². The molecule has 2 amide bonds. The second kappa shape index (κ2) is 12.3. The molecule has 160 valence electrons. The average Bonchev–Trinajstić information content (AvgIpc) is 2.73.